The van der Waals surface area contributed by atoms with E-state index in [4.69, 9.17) is 9.47 Å². The second-order valence-electron chi connectivity index (χ2n) is 4.45. The van der Waals surface area contributed by atoms with Crippen LogP contribution in [0.15, 0.2) is 16.6 Å². The summed E-state index contributed by atoms with van der Waals surface area (Å²) in [7, 11) is -1.89. The van der Waals surface area contributed by atoms with E-state index in [1.54, 1.807) is 0 Å². The maximum atomic E-state index is 11.5. The Morgan fingerprint density at radius 1 is 1.40 bits per heavy atom. The van der Waals surface area contributed by atoms with Crippen LogP contribution in [-0.2, 0) is 9.84 Å². The van der Waals surface area contributed by atoms with E-state index in [9.17, 15) is 18.3 Å². The monoisotopic (exact) mass is 364 g/mol. The molecule has 1 aromatic rings. The highest BCUT2D eigenvalue weighted by atomic mass is 79.9. The zero-order chi connectivity index (χ0) is 14.9. The highest BCUT2D eigenvalue weighted by Crippen LogP contribution is 2.38. The Kier molecular flexibility index (Phi) is 4.36. The molecule has 0 saturated carbocycles. The summed E-state index contributed by atoms with van der Waals surface area (Å²) in [6, 6.07) is 3.00. The standard InChI is InChI=1S/C12H13BrO6S/c1-18-10-3-7(4-14)2-8(13)12(10)19-11-6-20(16,17)5-9(11)15/h2-4,9,11,15H,5-6H2,1H3. The van der Waals surface area contributed by atoms with E-state index in [0.29, 0.717) is 16.3 Å². The number of carbonyl (C=O) groups excluding carboxylic acids is 1. The summed E-state index contributed by atoms with van der Waals surface area (Å²) in [4.78, 5) is 10.8. The lowest BCUT2D eigenvalue weighted by Crippen LogP contribution is -2.30. The van der Waals surface area contributed by atoms with E-state index in [0.717, 1.165) is 0 Å². The maximum Gasteiger partial charge on any atom is 0.175 e. The summed E-state index contributed by atoms with van der Waals surface area (Å²) in [6.07, 6.45) is -1.28. The third kappa shape index (κ3) is 3.13. The number of methoxy groups -OCH3 is 1. The van der Waals surface area contributed by atoms with Crippen LogP contribution in [0.5, 0.6) is 11.5 Å². The van der Waals surface area contributed by atoms with Crippen LogP contribution >= 0.6 is 15.9 Å². The second-order valence-corrected chi connectivity index (χ2v) is 7.46. The van der Waals surface area contributed by atoms with Gasteiger partial charge in [-0.15, -0.1) is 0 Å². The van der Waals surface area contributed by atoms with Crippen LogP contribution in [0.4, 0.5) is 0 Å². The molecule has 0 amide bonds. The van der Waals surface area contributed by atoms with Crippen LogP contribution in [0.25, 0.3) is 0 Å². The molecule has 1 saturated heterocycles. The summed E-state index contributed by atoms with van der Waals surface area (Å²) in [5.41, 5.74) is 0.390. The first kappa shape index (κ1) is 15.3. The average Bonchev–Trinajstić information content (AvgIpc) is 2.64. The van der Waals surface area contributed by atoms with Crippen molar-refractivity contribution in [1.29, 1.82) is 0 Å². The van der Waals surface area contributed by atoms with Crippen LogP contribution in [0.3, 0.4) is 0 Å². The summed E-state index contributed by atoms with van der Waals surface area (Å²) < 4.78 is 34.0. The van der Waals surface area contributed by atoms with Crippen LogP contribution in [0, 0.1) is 0 Å². The van der Waals surface area contributed by atoms with Crippen LogP contribution in [0.2, 0.25) is 0 Å². The van der Waals surface area contributed by atoms with Gasteiger partial charge in [-0.25, -0.2) is 8.42 Å². The lowest BCUT2D eigenvalue weighted by molar-refractivity contribution is 0.0712. The molecule has 0 bridgehead atoms. The van der Waals surface area contributed by atoms with Gasteiger partial charge in [-0.3, -0.25) is 4.79 Å². The van der Waals surface area contributed by atoms with Crippen molar-refractivity contribution in [1.82, 2.24) is 0 Å². The fourth-order valence-electron chi connectivity index (χ4n) is 1.98. The largest absolute Gasteiger partial charge is 0.493 e. The third-order valence-corrected chi connectivity index (χ3v) is 5.20. The SMILES string of the molecule is COc1cc(C=O)cc(Br)c1OC1CS(=O)(=O)CC1O. The van der Waals surface area contributed by atoms with Crippen molar-refractivity contribution >= 4 is 32.1 Å². The normalized spacial score (nSPS) is 24.4. The average molecular weight is 365 g/mol. The van der Waals surface area contributed by atoms with E-state index in [-0.39, 0.29) is 23.0 Å². The quantitative estimate of drug-likeness (QED) is 0.795. The van der Waals surface area contributed by atoms with Gasteiger partial charge >= 0.3 is 0 Å². The molecule has 20 heavy (non-hydrogen) atoms. The van der Waals surface area contributed by atoms with Crippen molar-refractivity contribution in [3.05, 3.63) is 22.2 Å². The van der Waals surface area contributed by atoms with Gasteiger partial charge in [0.05, 0.1) is 23.1 Å². The predicted molar refractivity (Wildman–Crippen MR) is 75.2 cm³/mol. The van der Waals surface area contributed by atoms with E-state index in [2.05, 4.69) is 15.9 Å². The second kappa shape index (κ2) is 5.71. The minimum atomic E-state index is -3.30. The van der Waals surface area contributed by atoms with Crippen molar-refractivity contribution in [3.63, 3.8) is 0 Å². The van der Waals surface area contributed by atoms with Crippen molar-refractivity contribution in [2.75, 3.05) is 18.6 Å². The first-order valence-corrected chi connectivity index (χ1v) is 8.35. The smallest absolute Gasteiger partial charge is 0.175 e. The number of hydrogen-bond donors (Lipinski definition) is 1. The van der Waals surface area contributed by atoms with Crippen LogP contribution in [0.1, 0.15) is 10.4 Å². The summed E-state index contributed by atoms with van der Waals surface area (Å²) in [5.74, 6) is -0.0133. The Labute approximate surface area is 124 Å². The van der Waals surface area contributed by atoms with E-state index < -0.39 is 22.0 Å². The number of aldehydes is 1. The summed E-state index contributed by atoms with van der Waals surface area (Å²) in [6.45, 7) is 0. The number of ether oxygens (including phenoxy) is 2. The molecule has 6 nitrogen and oxygen atoms in total. The lowest BCUT2D eigenvalue weighted by atomic mass is 10.2. The minimum absolute atomic E-state index is 0.251. The fourth-order valence-corrected chi connectivity index (χ4v) is 4.20. The van der Waals surface area contributed by atoms with Gasteiger partial charge in [-0.2, -0.15) is 0 Å². The van der Waals surface area contributed by atoms with Gasteiger partial charge < -0.3 is 14.6 Å². The van der Waals surface area contributed by atoms with E-state index in [1.165, 1.54) is 19.2 Å². The molecule has 0 radical (unpaired) electrons. The van der Waals surface area contributed by atoms with Crippen molar-refractivity contribution in [3.8, 4) is 11.5 Å². The van der Waals surface area contributed by atoms with Gasteiger partial charge in [0.2, 0.25) is 0 Å². The Hall–Kier alpha value is -1.12. The van der Waals surface area contributed by atoms with Crippen LogP contribution < -0.4 is 9.47 Å². The molecule has 2 rings (SSSR count). The van der Waals surface area contributed by atoms with Gasteiger partial charge in [0.15, 0.2) is 21.3 Å². The van der Waals surface area contributed by atoms with Crippen molar-refractivity contribution in [2.45, 2.75) is 12.2 Å². The molecule has 8 heteroatoms. The minimum Gasteiger partial charge on any atom is -0.493 e. The predicted octanol–water partition coefficient (Wildman–Crippen LogP) is 0.807. The number of aliphatic hydroxyl groups is 1. The molecule has 0 aliphatic carbocycles. The van der Waals surface area contributed by atoms with Gasteiger partial charge in [0.1, 0.15) is 18.5 Å². The first-order valence-electron chi connectivity index (χ1n) is 5.74. The Balaban J connectivity index is 2.32. The number of carbonyl (C=O) groups is 1. The zero-order valence-electron chi connectivity index (χ0n) is 10.6. The Morgan fingerprint density at radius 3 is 2.60 bits per heavy atom. The molecule has 0 spiro atoms. The third-order valence-electron chi connectivity index (χ3n) is 2.93. The van der Waals surface area contributed by atoms with Crippen LogP contribution in [-0.4, -0.2) is 50.6 Å². The number of rotatable bonds is 4. The van der Waals surface area contributed by atoms with E-state index >= 15 is 0 Å². The molecule has 110 valence electrons. The van der Waals surface area contributed by atoms with Gasteiger partial charge in [-0.1, -0.05) is 0 Å². The first-order chi connectivity index (χ1) is 9.36. The summed E-state index contributed by atoms with van der Waals surface area (Å²) >= 11 is 3.24. The molecule has 2 atom stereocenters. The molecule has 2 unspecified atom stereocenters. The maximum absolute atomic E-state index is 11.5. The number of benzene rings is 1. The topological polar surface area (TPSA) is 89.9 Å². The molecule has 1 N–H and O–H groups in total. The van der Waals surface area contributed by atoms with Gasteiger partial charge in [0.25, 0.3) is 0 Å². The fraction of sp³-hybridized carbons (Fsp3) is 0.417. The van der Waals surface area contributed by atoms with Gasteiger partial charge in [-0.05, 0) is 28.1 Å². The number of aliphatic hydroxyl groups excluding tert-OH is 1. The number of halogens is 1. The zero-order valence-corrected chi connectivity index (χ0v) is 13.0. The Bertz CT molecular complexity index is 627. The Morgan fingerprint density at radius 2 is 2.10 bits per heavy atom. The highest BCUT2D eigenvalue weighted by Gasteiger charge is 2.38. The van der Waals surface area contributed by atoms with E-state index in [1.807, 2.05) is 0 Å². The molecule has 0 aromatic heterocycles. The lowest BCUT2D eigenvalue weighted by Gasteiger charge is -2.19. The highest BCUT2D eigenvalue weighted by molar-refractivity contribution is 9.10. The molecule has 1 aliphatic heterocycles. The van der Waals surface area contributed by atoms with Crippen molar-refractivity contribution in [2.24, 2.45) is 0 Å². The molecule has 1 fully saturated rings. The van der Waals surface area contributed by atoms with Gasteiger partial charge in [0, 0.05) is 5.56 Å². The number of hydrogen-bond acceptors (Lipinski definition) is 6. The molecule has 1 aromatic carbocycles. The molecular weight excluding hydrogens is 352 g/mol. The number of sulfone groups is 1. The van der Waals surface area contributed by atoms with Crippen molar-refractivity contribution < 1.29 is 27.8 Å². The summed E-state index contributed by atoms with van der Waals surface area (Å²) in [5, 5.41) is 9.72. The molecule has 1 aliphatic rings. The molecule has 1 heterocycles. The molecular formula is C12H13BrO6S.